The van der Waals surface area contributed by atoms with Crippen molar-refractivity contribution in [2.45, 2.75) is 43.5 Å². The van der Waals surface area contributed by atoms with Crippen molar-refractivity contribution in [2.24, 2.45) is 0 Å². The van der Waals surface area contributed by atoms with E-state index in [0.717, 1.165) is 41.6 Å². The first-order valence-corrected chi connectivity index (χ1v) is 10.6. The van der Waals surface area contributed by atoms with Gasteiger partial charge in [0.15, 0.2) is 0 Å². The van der Waals surface area contributed by atoms with Crippen LogP contribution in [0.25, 0.3) is 0 Å². The van der Waals surface area contributed by atoms with E-state index in [0.29, 0.717) is 18.7 Å². The van der Waals surface area contributed by atoms with Crippen LogP contribution in [0.15, 0.2) is 41.3 Å². The number of nitrogen functional groups attached to an aromatic ring is 1. The maximum atomic E-state index is 13.0. The van der Waals surface area contributed by atoms with E-state index in [1.807, 2.05) is 18.2 Å². The molecular formula is C20H24ClN3O3S. The lowest BCUT2D eigenvalue weighted by Gasteiger charge is -2.26. The molecule has 0 saturated heterocycles. The molecule has 8 heteroatoms. The van der Waals surface area contributed by atoms with E-state index >= 15 is 0 Å². The molecule has 0 saturated carbocycles. The largest absolute Gasteiger partial charge is 0.399 e. The van der Waals surface area contributed by atoms with Gasteiger partial charge in [0.1, 0.15) is 0 Å². The second-order valence-corrected chi connectivity index (χ2v) is 8.95. The molecule has 2 aromatic rings. The summed E-state index contributed by atoms with van der Waals surface area (Å²) in [5, 5.41) is 0. The van der Waals surface area contributed by atoms with Crippen molar-refractivity contribution in [1.29, 1.82) is 0 Å². The Bertz CT molecular complexity index is 1020. The minimum atomic E-state index is -3.66. The number of halogens is 1. The van der Waals surface area contributed by atoms with Crippen molar-refractivity contribution in [2.75, 3.05) is 17.2 Å². The second-order valence-electron chi connectivity index (χ2n) is 7.24. The number of fused-ring (bicyclic) bond motifs is 2. The Morgan fingerprint density at radius 3 is 2.68 bits per heavy atom. The van der Waals surface area contributed by atoms with Gasteiger partial charge in [-0.3, -0.25) is 4.79 Å². The van der Waals surface area contributed by atoms with Gasteiger partial charge < -0.3 is 10.6 Å². The number of nitrogens with one attached hydrogen (secondary N) is 1. The van der Waals surface area contributed by atoms with Crippen molar-refractivity contribution in [3.63, 3.8) is 0 Å². The molecule has 1 aliphatic carbocycles. The van der Waals surface area contributed by atoms with Crippen molar-refractivity contribution in [1.82, 2.24) is 4.72 Å². The van der Waals surface area contributed by atoms with Gasteiger partial charge in [0.25, 0.3) is 0 Å². The third-order valence-electron chi connectivity index (χ3n) is 5.42. The normalized spacial score (nSPS) is 18.2. The lowest BCUT2D eigenvalue weighted by atomic mass is 9.88. The van der Waals surface area contributed by atoms with Gasteiger partial charge in [-0.25, -0.2) is 13.1 Å². The molecule has 0 radical (unpaired) electrons. The Morgan fingerprint density at radius 1 is 1.14 bits per heavy atom. The number of anilines is 2. The molecule has 28 heavy (non-hydrogen) atoms. The molecule has 4 rings (SSSR count). The number of nitrogens with two attached hydrogens (primary N) is 1. The topological polar surface area (TPSA) is 92.5 Å². The van der Waals surface area contributed by atoms with Gasteiger partial charge in [-0.2, -0.15) is 0 Å². The fraction of sp³-hybridized carbons (Fsp3) is 0.350. The van der Waals surface area contributed by atoms with Crippen LogP contribution in [-0.2, 0) is 27.7 Å². The molecule has 3 N–H and O–H groups in total. The third kappa shape index (κ3) is 3.74. The van der Waals surface area contributed by atoms with Gasteiger partial charge in [-0.05, 0) is 72.7 Å². The highest BCUT2D eigenvalue weighted by molar-refractivity contribution is 7.89. The zero-order valence-electron chi connectivity index (χ0n) is 15.6. The molecule has 1 heterocycles. The lowest BCUT2D eigenvalue weighted by molar-refractivity contribution is -0.116. The molecule has 1 aliphatic heterocycles. The maximum Gasteiger partial charge on any atom is 0.241 e. The van der Waals surface area contributed by atoms with Crippen molar-refractivity contribution < 1.29 is 13.2 Å². The predicted molar refractivity (Wildman–Crippen MR) is 112 cm³/mol. The number of hydrogen-bond donors (Lipinski definition) is 2. The average molecular weight is 422 g/mol. The van der Waals surface area contributed by atoms with Gasteiger partial charge in [-0.1, -0.05) is 6.07 Å². The Balaban J connectivity index is 0.00000225. The number of nitrogens with zero attached hydrogens (tertiary/aromatic N) is 1. The van der Waals surface area contributed by atoms with Crippen LogP contribution >= 0.6 is 12.4 Å². The van der Waals surface area contributed by atoms with E-state index in [4.69, 9.17) is 5.73 Å². The number of hydrogen-bond acceptors (Lipinski definition) is 4. The minimum Gasteiger partial charge on any atom is -0.399 e. The van der Waals surface area contributed by atoms with Crippen molar-refractivity contribution >= 4 is 39.7 Å². The zero-order valence-corrected chi connectivity index (χ0v) is 17.3. The van der Waals surface area contributed by atoms with Crippen LogP contribution in [0.3, 0.4) is 0 Å². The van der Waals surface area contributed by atoms with Crippen LogP contribution in [0, 0.1) is 0 Å². The van der Waals surface area contributed by atoms with Crippen LogP contribution in [0.2, 0.25) is 0 Å². The zero-order chi connectivity index (χ0) is 19.2. The predicted octanol–water partition coefficient (Wildman–Crippen LogP) is 2.96. The highest BCUT2D eigenvalue weighted by Crippen LogP contribution is 2.34. The van der Waals surface area contributed by atoms with E-state index in [1.54, 1.807) is 23.1 Å². The summed E-state index contributed by atoms with van der Waals surface area (Å²) in [5.74, 6) is -0.0273. The standard InChI is InChI=1S/C20H23N3O3S.ClH/c1-13(24)23-10-9-15-12-17(6-8-20(15)23)27(25,26)22-19-4-2-3-14-11-16(21)5-7-18(14)19;/h5-8,11-12,19,22H,2-4,9-10,21H2,1H3;1H. The van der Waals surface area contributed by atoms with E-state index in [9.17, 15) is 13.2 Å². The van der Waals surface area contributed by atoms with E-state index in [1.165, 1.54) is 6.92 Å². The second kappa shape index (κ2) is 7.73. The first kappa shape index (κ1) is 20.6. The number of carbonyl (C=O) groups excluding carboxylic acids is 1. The Kier molecular flexibility index (Phi) is 5.70. The molecule has 2 aliphatic rings. The average Bonchev–Trinajstić information content (AvgIpc) is 3.05. The summed E-state index contributed by atoms with van der Waals surface area (Å²) in [4.78, 5) is 13.6. The molecule has 0 spiro atoms. The summed E-state index contributed by atoms with van der Waals surface area (Å²) in [6.07, 6.45) is 3.27. The summed E-state index contributed by atoms with van der Waals surface area (Å²) in [6.45, 7) is 2.12. The van der Waals surface area contributed by atoms with Crippen LogP contribution in [0.4, 0.5) is 11.4 Å². The highest BCUT2D eigenvalue weighted by Gasteiger charge is 2.28. The molecule has 2 aromatic carbocycles. The van der Waals surface area contributed by atoms with Gasteiger partial charge in [0, 0.05) is 30.9 Å². The first-order chi connectivity index (χ1) is 12.8. The molecule has 0 aromatic heterocycles. The number of amides is 1. The summed E-state index contributed by atoms with van der Waals surface area (Å²) >= 11 is 0. The van der Waals surface area contributed by atoms with E-state index in [2.05, 4.69) is 4.72 Å². The third-order valence-corrected chi connectivity index (χ3v) is 6.89. The minimum absolute atomic E-state index is 0. The van der Waals surface area contributed by atoms with Gasteiger partial charge in [-0.15, -0.1) is 12.4 Å². The van der Waals surface area contributed by atoms with E-state index in [-0.39, 0.29) is 29.3 Å². The Labute approximate surface area is 171 Å². The summed E-state index contributed by atoms with van der Waals surface area (Å²) in [5.41, 5.74) is 10.4. The molecule has 0 bridgehead atoms. The quantitative estimate of drug-likeness (QED) is 0.745. The number of carbonyl (C=O) groups is 1. The van der Waals surface area contributed by atoms with Crippen LogP contribution < -0.4 is 15.4 Å². The molecule has 0 fully saturated rings. The Morgan fingerprint density at radius 2 is 1.93 bits per heavy atom. The number of benzene rings is 2. The van der Waals surface area contributed by atoms with Crippen molar-refractivity contribution in [3.8, 4) is 0 Å². The fourth-order valence-corrected chi connectivity index (χ4v) is 5.38. The molecule has 1 atom stereocenters. The van der Waals surface area contributed by atoms with Crippen LogP contribution in [-0.4, -0.2) is 20.9 Å². The SMILES string of the molecule is CC(=O)N1CCc2cc(S(=O)(=O)NC3CCCc4cc(N)ccc43)ccc21.Cl. The molecular weight excluding hydrogens is 398 g/mol. The first-order valence-electron chi connectivity index (χ1n) is 9.17. The van der Waals surface area contributed by atoms with Crippen LogP contribution in [0.5, 0.6) is 0 Å². The fourth-order valence-electron chi connectivity index (χ4n) is 4.08. The Hall–Kier alpha value is -2.09. The smallest absolute Gasteiger partial charge is 0.241 e. The lowest BCUT2D eigenvalue weighted by Crippen LogP contribution is -2.31. The molecule has 1 unspecified atom stereocenters. The summed E-state index contributed by atoms with van der Waals surface area (Å²) in [6, 6.07) is 10.4. The molecule has 150 valence electrons. The maximum absolute atomic E-state index is 13.0. The van der Waals surface area contributed by atoms with Crippen molar-refractivity contribution in [3.05, 3.63) is 53.1 Å². The highest BCUT2D eigenvalue weighted by atomic mass is 35.5. The number of aryl methyl sites for hydroxylation is 1. The van der Waals surface area contributed by atoms with Crippen LogP contribution in [0.1, 0.15) is 42.5 Å². The summed E-state index contributed by atoms with van der Waals surface area (Å²) in [7, 11) is -3.66. The summed E-state index contributed by atoms with van der Waals surface area (Å²) < 4.78 is 28.8. The number of rotatable bonds is 3. The van der Waals surface area contributed by atoms with E-state index < -0.39 is 10.0 Å². The van der Waals surface area contributed by atoms with Gasteiger partial charge in [0.2, 0.25) is 15.9 Å². The monoisotopic (exact) mass is 421 g/mol. The molecule has 1 amide bonds. The molecule has 6 nitrogen and oxygen atoms in total. The van der Waals surface area contributed by atoms with Gasteiger partial charge in [0.05, 0.1) is 4.90 Å². The van der Waals surface area contributed by atoms with Gasteiger partial charge >= 0.3 is 0 Å². The number of sulfonamides is 1.